The van der Waals surface area contributed by atoms with Crippen molar-refractivity contribution in [2.24, 2.45) is 0 Å². The Labute approximate surface area is 121 Å². The van der Waals surface area contributed by atoms with Gasteiger partial charge in [0.05, 0.1) is 12.6 Å². The molecule has 0 radical (unpaired) electrons. The van der Waals surface area contributed by atoms with Crippen LogP contribution in [0.5, 0.6) is 5.75 Å². The second-order valence-electron chi connectivity index (χ2n) is 6.23. The molecule has 0 heterocycles. The maximum Gasteiger partial charge on any atom is 0.317 e. The lowest BCUT2D eigenvalue weighted by Gasteiger charge is -2.34. The zero-order chi connectivity index (χ0) is 15.3. The second-order valence-corrected chi connectivity index (χ2v) is 6.23. The van der Waals surface area contributed by atoms with Crippen LogP contribution in [0.1, 0.15) is 40.2 Å². The molecule has 1 rings (SSSR count). The van der Waals surface area contributed by atoms with Crippen LogP contribution in [-0.2, 0) is 11.3 Å². The molecule has 0 amide bonds. The summed E-state index contributed by atoms with van der Waals surface area (Å²) >= 11 is 0. The third kappa shape index (κ3) is 5.61. The van der Waals surface area contributed by atoms with Gasteiger partial charge in [0.15, 0.2) is 0 Å². The number of carboxylic acid groups (broad SMARTS) is 1. The van der Waals surface area contributed by atoms with Crippen molar-refractivity contribution in [1.29, 1.82) is 0 Å². The second kappa shape index (κ2) is 6.75. The van der Waals surface area contributed by atoms with Gasteiger partial charge in [0.25, 0.3) is 0 Å². The third-order valence-electron chi connectivity index (χ3n) is 2.94. The number of benzene rings is 1. The molecule has 4 nitrogen and oxygen atoms in total. The highest BCUT2D eigenvalue weighted by molar-refractivity contribution is 5.69. The Morgan fingerprint density at radius 1 is 1.25 bits per heavy atom. The predicted molar refractivity (Wildman–Crippen MR) is 80.0 cm³/mol. The summed E-state index contributed by atoms with van der Waals surface area (Å²) in [6.45, 7) is 10.7. The average molecular weight is 279 g/mol. The van der Waals surface area contributed by atoms with Crippen LogP contribution in [0.2, 0.25) is 0 Å². The number of carbonyl (C=O) groups is 1. The van der Waals surface area contributed by atoms with Crippen LogP contribution < -0.4 is 4.74 Å². The Bertz CT molecular complexity index is 432. The number of hydrogen-bond acceptors (Lipinski definition) is 3. The minimum Gasteiger partial charge on any atom is -0.491 e. The fraction of sp³-hybridized carbons (Fsp3) is 0.562. The highest BCUT2D eigenvalue weighted by Crippen LogP contribution is 2.19. The molecule has 0 aliphatic carbocycles. The molecule has 0 fully saturated rings. The first-order chi connectivity index (χ1) is 9.18. The van der Waals surface area contributed by atoms with Crippen LogP contribution in [0.4, 0.5) is 0 Å². The van der Waals surface area contributed by atoms with Gasteiger partial charge < -0.3 is 9.84 Å². The van der Waals surface area contributed by atoms with E-state index in [1.807, 2.05) is 63.8 Å². The minimum atomic E-state index is -0.806. The molecule has 0 unspecified atom stereocenters. The van der Waals surface area contributed by atoms with Gasteiger partial charge in [-0.05, 0) is 52.3 Å². The van der Waals surface area contributed by atoms with Crippen LogP contribution in [0.15, 0.2) is 24.3 Å². The molecule has 0 aliphatic heterocycles. The molecule has 0 saturated carbocycles. The summed E-state index contributed by atoms with van der Waals surface area (Å²) in [6.07, 6.45) is 0.152. The average Bonchev–Trinajstić information content (AvgIpc) is 2.28. The number of nitrogens with zero attached hydrogens (tertiary/aromatic N) is 1. The molecule has 20 heavy (non-hydrogen) atoms. The van der Waals surface area contributed by atoms with E-state index in [-0.39, 0.29) is 18.2 Å². The molecule has 0 spiro atoms. The number of rotatable bonds is 6. The van der Waals surface area contributed by atoms with E-state index < -0.39 is 5.97 Å². The van der Waals surface area contributed by atoms with Crippen molar-refractivity contribution in [2.75, 3.05) is 6.54 Å². The number of hydrogen-bond donors (Lipinski definition) is 1. The van der Waals surface area contributed by atoms with Crippen molar-refractivity contribution < 1.29 is 14.6 Å². The first kappa shape index (κ1) is 16.5. The van der Waals surface area contributed by atoms with Gasteiger partial charge in [-0.1, -0.05) is 12.1 Å². The molecule has 1 aromatic carbocycles. The van der Waals surface area contributed by atoms with E-state index in [4.69, 9.17) is 9.84 Å². The van der Waals surface area contributed by atoms with Crippen molar-refractivity contribution in [3.8, 4) is 5.75 Å². The molecule has 0 aromatic heterocycles. The van der Waals surface area contributed by atoms with Crippen molar-refractivity contribution in [2.45, 2.75) is 52.8 Å². The molecule has 0 atom stereocenters. The van der Waals surface area contributed by atoms with E-state index in [1.165, 1.54) is 0 Å². The Hall–Kier alpha value is -1.55. The van der Waals surface area contributed by atoms with Crippen LogP contribution in [0.3, 0.4) is 0 Å². The summed E-state index contributed by atoms with van der Waals surface area (Å²) < 4.78 is 5.60. The Kier molecular flexibility index (Phi) is 5.57. The van der Waals surface area contributed by atoms with Crippen LogP contribution in [0, 0.1) is 0 Å². The standard InChI is InChI=1S/C16H25NO3/c1-12(2)20-14-8-6-13(7-9-14)10-17(11-15(18)19)16(3,4)5/h6-9,12H,10-11H2,1-5H3,(H,18,19). The van der Waals surface area contributed by atoms with Gasteiger partial charge in [-0.15, -0.1) is 0 Å². The lowest BCUT2D eigenvalue weighted by molar-refractivity contribution is -0.139. The van der Waals surface area contributed by atoms with Gasteiger partial charge in [-0.2, -0.15) is 0 Å². The summed E-state index contributed by atoms with van der Waals surface area (Å²) in [6, 6.07) is 7.82. The summed E-state index contributed by atoms with van der Waals surface area (Å²) in [5.41, 5.74) is 0.892. The quantitative estimate of drug-likeness (QED) is 0.869. The normalized spacial score (nSPS) is 11.9. The number of carboxylic acids is 1. The first-order valence-corrected chi connectivity index (χ1v) is 6.91. The Morgan fingerprint density at radius 2 is 1.80 bits per heavy atom. The van der Waals surface area contributed by atoms with E-state index in [0.29, 0.717) is 6.54 Å². The molecular formula is C16H25NO3. The molecular weight excluding hydrogens is 254 g/mol. The minimum absolute atomic E-state index is 0.0355. The largest absolute Gasteiger partial charge is 0.491 e. The van der Waals surface area contributed by atoms with Crippen molar-refractivity contribution in [3.05, 3.63) is 29.8 Å². The monoisotopic (exact) mass is 279 g/mol. The maximum absolute atomic E-state index is 11.0. The van der Waals surface area contributed by atoms with Crippen molar-refractivity contribution in [3.63, 3.8) is 0 Å². The smallest absolute Gasteiger partial charge is 0.317 e. The Morgan fingerprint density at radius 3 is 2.20 bits per heavy atom. The van der Waals surface area contributed by atoms with Crippen LogP contribution in [-0.4, -0.2) is 34.2 Å². The molecule has 1 N–H and O–H groups in total. The maximum atomic E-state index is 11.0. The van der Waals surface area contributed by atoms with Gasteiger partial charge >= 0.3 is 5.97 Å². The Balaban J connectivity index is 2.76. The molecule has 0 saturated heterocycles. The first-order valence-electron chi connectivity index (χ1n) is 6.91. The van der Waals surface area contributed by atoms with Crippen LogP contribution in [0.25, 0.3) is 0 Å². The third-order valence-corrected chi connectivity index (χ3v) is 2.94. The number of aliphatic carboxylic acids is 1. The topological polar surface area (TPSA) is 49.8 Å². The van der Waals surface area contributed by atoms with Gasteiger partial charge in [0.1, 0.15) is 5.75 Å². The van der Waals surface area contributed by atoms with Crippen LogP contribution >= 0.6 is 0 Å². The SMILES string of the molecule is CC(C)Oc1ccc(CN(CC(=O)O)C(C)(C)C)cc1. The zero-order valence-corrected chi connectivity index (χ0v) is 13.0. The molecule has 0 aliphatic rings. The van der Waals surface area contributed by atoms with Crippen molar-refractivity contribution >= 4 is 5.97 Å². The van der Waals surface area contributed by atoms with Crippen molar-refractivity contribution in [1.82, 2.24) is 4.90 Å². The van der Waals surface area contributed by atoms with Gasteiger partial charge in [0, 0.05) is 12.1 Å². The lowest BCUT2D eigenvalue weighted by Crippen LogP contribution is -2.43. The summed E-state index contributed by atoms with van der Waals surface area (Å²) in [4.78, 5) is 12.9. The van der Waals surface area contributed by atoms with Gasteiger partial charge in [-0.3, -0.25) is 9.69 Å². The van der Waals surface area contributed by atoms with E-state index in [2.05, 4.69) is 0 Å². The van der Waals surface area contributed by atoms with E-state index in [1.54, 1.807) is 0 Å². The number of ether oxygens (including phenoxy) is 1. The zero-order valence-electron chi connectivity index (χ0n) is 13.0. The summed E-state index contributed by atoms with van der Waals surface area (Å²) in [7, 11) is 0. The fourth-order valence-corrected chi connectivity index (χ4v) is 1.86. The highest BCUT2D eigenvalue weighted by Gasteiger charge is 2.23. The summed E-state index contributed by atoms with van der Waals surface area (Å²) in [5, 5.41) is 9.01. The molecule has 0 bridgehead atoms. The van der Waals surface area contributed by atoms with E-state index >= 15 is 0 Å². The fourth-order valence-electron chi connectivity index (χ4n) is 1.86. The van der Waals surface area contributed by atoms with Gasteiger partial charge in [-0.25, -0.2) is 0 Å². The van der Waals surface area contributed by atoms with E-state index in [9.17, 15) is 4.79 Å². The molecule has 112 valence electrons. The van der Waals surface area contributed by atoms with E-state index in [0.717, 1.165) is 11.3 Å². The molecule has 1 aromatic rings. The summed E-state index contributed by atoms with van der Waals surface area (Å²) in [5.74, 6) is 0.0315. The highest BCUT2D eigenvalue weighted by atomic mass is 16.5. The molecule has 4 heteroatoms. The lowest BCUT2D eigenvalue weighted by atomic mass is 10.0. The van der Waals surface area contributed by atoms with Gasteiger partial charge in [0.2, 0.25) is 0 Å². The predicted octanol–water partition coefficient (Wildman–Crippen LogP) is 3.16.